The van der Waals surface area contributed by atoms with Crippen LogP contribution in [-0.4, -0.2) is 24.1 Å². The van der Waals surface area contributed by atoms with Crippen molar-refractivity contribution in [3.63, 3.8) is 0 Å². The van der Waals surface area contributed by atoms with E-state index in [1.807, 2.05) is 58.0 Å². The van der Waals surface area contributed by atoms with Gasteiger partial charge in [0.05, 0.1) is 23.2 Å². The van der Waals surface area contributed by atoms with Gasteiger partial charge in [-0.2, -0.15) is 0 Å². The lowest BCUT2D eigenvalue weighted by molar-refractivity contribution is -0.159. The first kappa shape index (κ1) is 18.7. The fourth-order valence-electron chi connectivity index (χ4n) is 4.15. The molecule has 1 aromatic rings. The molecule has 140 valence electrons. The molecule has 2 aliphatic carbocycles. The van der Waals surface area contributed by atoms with E-state index in [2.05, 4.69) is 0 Å². The van der Waals surface area contributed by atoms with E-state index in [9.17, 15) is 9.59 Å². The van der Waals surface area contributed by atoms with Crippen LogP contribution in [0.15, 0.2) is 24.3 Å². The standard InChI is InChI=1S/C22H28O4/c1-14(2)25-20(23)17-8-9-18-16(13-17)10-12-22(21(24)26-15(3)4)11-6-5-7-19(18)22/h8-10,12-15,19H,5-7,11H2,1-4H3. The average molecular weight is 356 g/mol. The minimum absolute atomic E-state index is 0.109. The minimum Gasteiger partial charge on any atom is -0.462 e. The zero-order valence-corrected chi connectivity index (χ0v) is 16.1. The Kier molecular flexibility index (Phi) is 5.22. The number of fused-ring (bicyclic) bond motifs is 3. The SMILES string of the molecule is CC(C)OC(=O)c1ccc2c(c1)C=CC1(C(=O)OC(C)C)CCCCC21. The van der Waals surface area contributed by atoms with Gasteiger partial charge in [-0.3, -0.25) is 4.79 Å². The molecule has 0 amide bonds. The Morgan fingerprint density at radius 3 is 2.50 bits per heavy atom. The molecular formula is C22H28O4. The molecule has 0 saturated heterocycles. The van der Waals surface area contributed by atoms with Crippen molar-refractivity contribution in [3.8, 4) is 0 Å². The number of hydrogen-bond donors (Lipinski definition) is 0. The number of carbonyl (C=O) groups excluding carboxylic acids is 2. The molecule has 0 N–H and O–H groups in total. The van der Waals surface area contributed by atoms with Gasteiger partial charge in [0.15, 0.2) is 0 Å². The highest BCUT2D eigenvalue weighted by atomic mass is 16.5. The third-order valence-corrected chi connectivity index (χ3v) is 5.28. The topological polar surface area (TPSA) is 52.6 Å². The van der Waals surface area contributed by atoms with Crippen LogP contribution in [0.4, 0.5) is 0 Å². The van der Waals surface area contributed by atoms with Gasteiger partial charge >= 0.3 is 11.9 Å². The molecule has 1 saturated carbocycles. The Morgan fingerprint density at radius 1 is 1.08 bits per heavy atom. The minimum atomic E-state index is -0.574. The summed E-state index contributed by atoms with van der Waals surface area (Å²) in [5, 5.41) is 0. The van der Waals surface area contributed by atoms with Gasteiger partial charge in [0.2, 0.25) is 0 Å². The third kappa shape index (κ3) is 3.42. The predicted molar refractivity (Wildman–Crippen MR) is 101 cm³/mol. The zero-order chi connectivity index (χ0) is 18.9. The zero-order valence-electron chi connectivity index (χ0n) is 16.1. The van der Waals surface area contributed by atoms with Crippen molar-refractivity contribution < 1.29 is 19.1 Å². The van der Waals surface area contributed by atoms with E-state index in [0.29, 0.717) is 5.56 Å². The van der Waals surface area contributed by atoms with Gasteiger partial charge < -0.3 is 9.47 Å². The quantitative estimate of drug-likeness (QED) is 0.722. The lowest BCUT2D eigenvalue weighted by Gasteiger charge is -2.43. The van der Waals surface area contributed by atoms with Gasteiger partial charge in [-0.15, -0.1) is 0 Å². The number of ether oxygens (including phenoxy) is 2. The average Bonchev–Trinajstić information content (AvgIpc) is 2.59. The monoisotopic (exact) mass is 356 g/mol. The highest BCUT2D eigenvalue weighted by Gasteiger charge is 2.49. The van der Waals surface area contributed by atoms with Crippen LogP contribution in [0.5, 0.6) is 0 Å². The first-order valence-corrected chi connectivity index (χ1v) is 9.59. The highest BCUT2D eigenvalue weighted by molar-refractivity contribution is 5.91. The van der Waals surface area contributed by atoms with E-state index < -0.39 is 5.41 Å². The van der Waals surface area contributed by atoms with E-state index in [1.54, 1.807) is 0 Å². The Bertz CT molecular complexity index is 732. The van der Waals surface area contributed by atoms with Crippen LogP contribution < -0.4 is 0 Å². The van der Waals surface area contributed by atoms with E-state index in [0.717, 1.165) is 36.8 Å². The molecule has 2 aliphatic rings. The van der Waals surface area contributed by atoms with Gasteiger partial charge in [-0.1, -0.05) is 31.1 Å². The highest BCUT2D eigenvalue weighted by Crippen LogP contribution is 2.53. The molecule has 4 nitrogen and oxygen atoms in total. The Balaban J connectivity index is 1.95. The maximum Gasteiger partial charge on any atom is 0.338 e. The molecule has 2 atom stereocenters. The molecule has 1 aromatic carbocycles. The summed E-state index contributed by atoms with van der Waals surface area (Å²) >= 11 is 0. The Hall–Kier alpha value is -2.10. The molecule has 3 rings (SSSR count). The summed E-state index contributed by atoms with van der Waals surface area (Å²) in [4.78, 5) is 25.1. The van der Waals surface area contributed by atoms with Crippen LogP contribution in [0.25, 0.3) is 6.08 Å². The molecule has 0 aliphatic heterocycles. The first-order chi connectivity index (χ1) is 12.3. The number of rotatable bonds is 4. The molecule has 0 bridgehead atoms. The summed E-state index contributed by atoms with van der Waals surface area (Å²) in [5.41, 5.74) is 2.11. The molecule has 0 aromatic heterocycles. The van der Waals surface area contributed by atoms with E-state index in [4.69, 9.17) is 9.47 Å². The normalized spacial score (nSPS) is 24.2. The second-order valence-electron chi connectivity index (χ2n) is 7.92. The molecule has 0 radical (unpaired) electrons. The van der Waals surface area contributed by atoms with Crippen molar-refractivity contribution in [2.24, 2.45) is 5.41 Å². The molecular weight excluding hydrogens is 328 g/mol. The predicted octanol–water partition coefficient (Wildman–Crippen LogP) is 4.87. The van der Waals surface area contributed by atoms with Crippen LogP contribution in [0.3, 0.4) is 0 Å². The van der Waals surface area contributed by atoms with Gasteiger partial charge in [-0.25, -0.2) is 4.79 Å². The van der Waals surface area contributed by atoms with Crippen molar-refractivity contribution in [3.05, 3.63) is 41.0 Å². The fourth-order valence-corrected chi connectivity index (χ4v) is 4.15. The Labute approximate surface area is 155 Å². The van der Waals surface area contributed by atoms with Crippen LogP contribution in [-0.2, 0) is 14.3 Å². The smallest absolute Gasteiger partial charge is 0.338 e. The summed E-state index contributed by atoms with van der Waals surface area (Å²) in [7, 11) is 0. The number of esters is 2. The van der Waals surface area contributed by atoms with Crippen LogP contribution in [0, 0.1) is 5.41 Å². The number of carbonyl (C=O) groups is 2. The second-order valence-corrected chi connectivity index (χ2v) is 7.92. The van der Waals surface area contributed by atoms with Crippen LogP contribution in [0.1, 0.15) is 80.8 Å². The van der Waals surface area contributed by atoms with Gasteiger partial charge in [-0.05, 0) is 63.8 Å². The largest absolute Gasteiger partial charge is 0.462 e. The molecule has 4 heteroatoms. The third-order valence-electron chi connectivity index (χ3n) is 5.28. The summed E-state index contributed by atoms with van der Waals surface area (Å²) in [6.07, 6.45) is 7.63. The van der Waals surface area contributed by atoms with Crippen LogP contribution >= 0.6 is 0 Å². The van der Waals surface area contributed by atoms with Crippen molar-refractivity contribution in [1.82, 2.24) is 0 Å². The van der Waals surface area contributed by atoms with E-state index in [-0.39, 0.29) is 30.1 Å². The van der Waals surface area contributed by atoms with Crippen molar-refractivity contribution in [2.75, 3.05) is 0 Å². The molecule has 26 heavy (non-hydrogen) atoms. The lowest BCUT2D eigenvalue weighted by Crippen LogP contribution is -2.42. The summed E-state index contributed by atoms with van der Waals surface area (Å²) in [6, 6.07) is 5.68. The van der Waals surface area contributed by atoms with Crippen molar-refractivity contribution >= 4 is 18.0 Å². The first-order valence-electron chi connectivity index (χ1n) is 9.59. The van der Waals surface area contributed by atoms with Gasteiger partial charge in [0.1, 0.15) is 0 Å². The molecule has 1 fully saturated rings. The van der Waals surface area contributed by atoms with Gasteiger partial charge in [0, 0.05) is 5.92 Å². The van der Waals surface area contributed by atoms with Gasteiger partial charge in [0.25, 0.3) is 0 Å². The van der Waals surface area contributed by atoms with E-state index >= 15 is 0 Å². The second kappa shape index (κ2) is 7.26. The number of benzene rings is 1. The lowest BCUT2D eigenvalue weighted by atomic mass is 9.60. The maximum absolute atomic E-state index is 12.9. The summed E-state index contributed by atoms with van der Waals surface area (Å²) in [6.45, 7) is 7.46. The van der Waals surface area contributed by atoms with E-state index in [1.165, 1.54) is 0 Å². The van der Waals surface area contributed by atoms with Crippen LogP contribution in [0.2, 0.25) is 0 Å². The maximum atomic E-state index is 12.9. The van der Waals surface area contributed by atoms with Crippen molar-refractivity contribution in [1.29, 1.82) is 0 Å². The summed E-state index contributed by atoms with van der Waals surface area (Å²) in [5.74, 6) is -0.323. The fraction of sp³-hybridized carbons (Fsp3) is 0.545. The van der Waals surface area contributed by atoms with Crippen molar-refractivity contribution in [2.45, 2.75) is 71.5 Å². The summed E-state index contributed by atoms with van der Waals surface area (Å²) < 4.78 is 10.9. The number of hydrogen-bond acceptors (Lipinski definition) is 4. The molecule has 0 spiro atoms. The Morgan fingerprint density at radius 2 is 1.81 bits per heavy atom. The molecule has 0 heterocycles. The molecule has 2 unspecified atom stereocenters.